The van der Waals surface area contributed by atoms with Gasteiger partial charge in [0.25, 0.3) is 0 Å². The van der Waals surface area contributed by atoms with Gasteiger partial charge in [-0.05, 0) is 125 Å². The van der Waals surface area contributed by atoms with Crippen LogP contribution in [0.3, 0.4) is 0 Å². The topological polar surface area (TPSA) is 209 Å². The number of methoxy groups -OCH3 is 2. The molecular formula is C76H66N10O8. The predicted octanol–water partition coefficient (Wildman–Crippen LogP) is 15.7. The van der Waals surface area contributed by atoms with Crippen molar-refractivity contribution in [1.82, 2.24) is 50.8 Å². The Morgan fingerprint density at radius 2 is 0.851 bits per heavy atom. The molecular weight excluding hydrogens is 1180 g/mol. The molecule has 0 aliphatic rings. The van der Waals surface area contributed by atoms with E-state index in [-0.39, 0.29) is 0 Å². The van der Waals surface area contributed by atoms with Gasteiger partial charge in [-0.15, -0.1) is 10.2 Å². The average molecular weight is 1250 g/mol. The first-order chi connectivity index (χ1) is 46.4. The van der Waals surface area contributed by atoms with E-state index in [1.165, 1.54) is 17.5 Å². The van der Waals surface area contributed by atoms with Crippen LogP contribution >= 0.6 is 0 Å². The van der Waals surface area contributed by atoms with E-state index in [1.807, 2.05) is 194 Å². The summed E-state index contributed by atoms with van der Waals surface area (Å²) in [6, 6.07) is 79.3. The maximum atomic E-state index is 6.06. The number of pyridine rings is 3. The number of ether oxygens (including phenoxy) is 8. The summed E-state index contributed by atoms with van der Waals surface area (Å²) in [4.78, 5) is 18.1. The van der Waals surface area contributed by atoms with Crippen LogP contribution in [0.2, 0.25) is 0 Å². The lowest BCUT2D eigenvalue weighted by Crippen LogP contribution is -2.01. The number of benzene rings is 9. The summed E-state index contributed by atoms with van der Waals surface area (Å²) < 4.78 is 46.8. The number of tetrazole rings is 1. The van der Waals surface area contributed by atoms with E-state index in [2.05, 4.69) is 106 Å². The van der Waals surface area contributed by atoms with Crippen molar-refractivity contribution in [2.75, 3.05) is 14.2 Å². The molecule has 0 spiro atoms. The van der Waals surface area contributed by atoms with Crippen LogP contribution in [0.4, 0.5) is 0 Å². The lowest BCUT2D eigenvalue weighted by Gasteiger charge is -2.13. The number of nitrogens with zero attached hydrogens (tertiary/aromatic N) is 8. The lowest BCUT2D eigenvalue weighted by atomic mass is 10.1. The molecule has 14 rings (SSSR count). The van der Waals surface area contributed by atoms with Gasteiger partial charge in [0.15, 0.2) is 17.3 Å². The number of nitrogens with one attached hydrogen (secondary N) is 2. The molecule has 0 amide bonds. The minimum atomic E-state index is 0.339. The number of aromatic nitrogens is 10. The molecule has 0 bridgehead atoms. The fraction of sp³-hybridized carbons (Fsp3) is 0.132. The van der Waals surface area contributed by atoms with Crippen LogP contribution in [0.5, 0.6) is 46.0 Å². The van der Waals surface area contributed by atoms with Crippen LogP contribution in [0, 0.1) is 0 Å². The smallest absolute Gasteiger partial charge is 0.204 e. The van der Waals surface area contributed by atoms with Gasteiger partial charge in [-0.2, -0.15) is 10.3 Å². The number of H-pyrrole nitrogens is 2. The maximum absolute atomic E-state index is 6.06. The largest absolute Gasteiger partial charge is 0.496 e. The molecule has 0 fully saturated rings. The third-order valence-electron chi connectivity index (χ3n) is 15.0. The Labute approximate surface area is 543 Å². The highest BCUT2D eigenvalue weighted by Gasteiger charge is 2.13. The number of fused-ring (bicyclic) bond motifs is 3. The van der Waals surface area contributed by atoms with Crippen LogP contribution in [0.15, 0.2) is 249 Å². The first kappa shape index (κ1) is 62.0. The molecule has 18 heteroatoms. The zero-order chi connectivity index (χ0) is 64.1. The second-order valence-electron chi connectivity index (χ2n) is 21.5. The zero-order valence-electron chi connectivity index (χ0n) is 52.0. The number of rotatable bonds is 23. The third-order valence-corrected chi connectivity index (χ3v) is 15.0. The third kappa shape index (κ3) is 16.8. The summed E-state index contributed by atoms with van der Waals surface area (Å²) in [5.41, 5.74) is 11.6. The average Bonchev–Trinajstić information content (AvgIpc) is 1.90. The summed E-state index contributed by atoms with van der Waals surface area (Å²) in [5, 5.41) is 24.1. The summed E-state index contributed by atoms with van der Waals surface area (Å²) in [5.74, 6) is 6.86. The van der Waals surface area contributed by atoms with Crippen molar-refractivity contribution in [2.24, 2.45) is 0 Å². The van der Waals surface area contributed by atoms with Gasteiger partial charge in [-0.1, -0.05) is 140 Å². The fourth-order valence-electron chi connectivity index (χ4n) is 10.1. The van der Waals surface area contributed by atoms with E-state index in [0.29, 0.717) is 80.0 Å². The van der Waals surface area contributed by atoms with Crippen LogP contribution in [0.25, 0.3) is 55.5 Å². The van der Waals surface area contributed by atoms with E-state index in [0.717, 1.165) is 95.7 Å². The summed E-state index contributed by atoms with van der Waals surface area (Å²) in [7, 11) is 3.24. The van der Waals surface area contributed by atoms with Crippen LogP contribution in [-0.4, -0.2) is 65.0 Å². The van der Waals surface area contributed by atoms with Crippen molar-refractivity contribution >= 4 is 32.7 Å². The number of aromatic amines is 2. The maximum Gasteiger partial charge on any atom is 0.204 e. The monoisotopic (exact) mass is 1250 g/mol. The molecule has 468 valence electrons. The first-order valence-corrected chi connectivity index (χ1v) is 30.5. The van der Waals surface area contributed by atoms with Gasteiger partial charge >= 0.3 is 0 Å². The molecule has 0 unspecified atom stereocenters. The van der Waals surface area contributed by atoms with Crippen molar-refractivity contribution in [3.63, 3.8) is 0 Å². The number of hydrogen-bond donors (Lipinski definition) is 2. The molecule has 0 saturated carbocycles. The van der Waals surface area contributed by atoms with E-state index in [1.54, 1.807) is 14.2 Å². The van der Waals surface area contributed by atoms with E-state index < -0.39 is 0 Å². The predicted molar refractivity (Wildman–Crippen MR) is 361 cm³/mol. The van der Waals surface area contributed by atoms with Gasteiger partial charge < -0.3 is 37.9 Å². The Bertz CT molecular complexity index is 4760. The fourth-order valence-corrected chi connectivity index (χ4v) is 10.1. The minimum absolute atomic E-state index is 0.339. The van der Waals surface area contributed by atoms with E-state index >= 15 is 0 Å². The van der Waals surface area contributed by atoms with Crippen molar-refractivity contribution < 1.29 is 37.9 Å². The van der Waals surface area contributed by atoms with Crippen LogP contribution < -0.4 is 37.9 Å². The Morgan fingerprint density at radius 1 is 0.372 bits per heavy atom. The number of hydrogen-bond acceptors (Lipinski definition) is 16. The molecule has 0 saturated heterocycles. The molecule has 0 atom stereocenters. The van der Waals surface area contributed by atoms with Gasteiger partial charge in [0.05, 0.1) is 47.9 Å². The molecule has 2 N–H and O–H groups in total. The molecule has 5 heterocycles. The second-order valence-corrected chi connectivity index (χ2v) is 21.5. The Hall–Kier alpha value is -12.2. The van der Waals surface area contributed by atoms with Crippen molar-refractivity contribution in [1.29, 1.82) is 0 Å². The van der Waals surface area contributed by atoms with Crippen LogP contribution in [-0.2, 0) is 46.1 Å². The Kier molecular flexibility index (Phi) is 20.5. The molecule has 18 nitrogen and oxygen atoms in total. The van der Waals surface area contributed by atoms with Crippen molar-refractivity contribution in [3.05, 3.63) is 288 Å². The molecule has 0 aliphatic carbocycles. The molecule has 94 heavy (non-hydrogen) atoms. The first-order valence-electron chi connectivity index (χ1n) is 30.5. The summed E-state index contributed by atoms with van der Waals surface area (Å²) in [6.07, 6.45) is 2.50. The second kappa shape index (κ2) is 31.0. The quantitative estimate of drug-likeness (QED) is 0.0610. The van der Waals surface area contributed by atoms with Gasteiger partial charge in [-0.25, -0.2) is 19.9 Å². The summed E-state index contributed by atoms with van der Waals surface area (Å²) >= 11 is 0. The van der Waals surface area contributed by atoms with Crippen LogP contribution in [0.1, 0.15) is 46.3 Å². The highest BCUT2D eigenvalue weighted by Crippen LogP contribution is 2.33. The standard InChI is InChI=1S/C26H22N4O3.C25H21N5O3.C25H23NO2/c1-31-24-12-10-20(26-27-17-28-30-26)14-25(24)33-15-18-5-4-7-22(13-18)32-16-21-11-9-19-6-2-3-8-23(19)29-21;1-31-24-13-18(25-27-29-30-28-25)9-10-19(24)15-32-21-6-4-7-22(14-21)33-16-20-12-11-17-5-2-3-8-23(17)26-20;1-2-19-7-5-8-20(15-19)17-27-23-10-6-11-24(16-23)28-18-22-14-13-21-9-3-4-12-25(21)26-22/h2-14,17H,15-16H2,1H3,(H,27,28,30);2-14H,15-16H2,1H3,(H,27,28,29,30);3-16H,2,17-18H2,1H3. The van der Waals surface area contributed by atoms with Gasteiger partial charge in [0.2, 0.25) is 5.82 Å². The molecule has 0 radical (unpaired) electrons. The molecule has 14 aromatic rings. The van der Waals surface area contributed by atoms with Gasteiger partial charge in [-0.3, -0.25) is 5.10 Å². The van der Waals surface area contributed by atoms with Gasteiger partial charge in [0.1, 0.15) is 80.5 Å². The number of para-hydroxylation sites is 3. The highest BCUT2D eigenvalue weighted by molar-refractivity contribution is 5.80. The SMILES string of the molecule is CCc1cccc(COc2cccc(OCc3ccc4ccccc4n3)c2)c1.COc1cc(-c2nn[nH]n2)ccc1COc1cccc(OCc2ccc3ccccc3n2)c1.COc1ccc(-c2ncn[nH]2)cc1OCc1cccc(OCc2ccc3ccccc3n2)c1. The number of aryl methyl sites for hydroxylation is 1. The van der Waals surface area contributed by atoms with Crippen molar-refractivity contribution in [2.45, 2.75) is 53.0 Å². The lowest BCUT2D eigenvalue weighted by molar-refractivity contribution is 0.281. The minimum Gasteiger partial charge on any atom is -0.496 e. The van der Waals surface area contributed by atoms with Gasteiger partial charge in [0, 0.05) is 45.0 Å². The molecule has 9 aromatic carbocycles. The molecule has 5 aromatic heterocycles. The highest BCUT2D eigenvalue weighted by atomic mass is 16.5. The van der Waals surface area contributed by atoms with Crippen molar-refractivity contribution in [3.8, 4) is 68.8 Å². The zero-order valence-corrected chi connectivity index (χ0v) is 52.0. The molecule has 0 aliphatic heterocycles. The summed E-state index contributed by atoms with van der Waals surface area (Å²) in [6.45, 7) is 4.59. The normalized spacial score (nSPS) is 10.8. The Morgan fingerprint density at radius 3 is 1.38 bits per heavy atom. The Balaban J connectivity index is 0.000000136. The van der Waals surface area contributed by atoms with E-state index in [9.17, 15) is 0 Å². The van der Waals surface area contributed by atoms with E-state index in [4.69, 9.17) is 37.9 Å².